The first-order valence-electron chi connectivity index (χ1n) is 8.47. The van der Waals surface area contributed by atoms with Gasteiger partial charge in [-0.3, -0.25) is 9.59 Å². The molecule has 2 aromatic rings. The molecule has 1 saturated heterocycles. The Hall–Kier alpha value is -2.56. The van der Waals surface area contributed by atoms with Crippen molar-refractivity contribution in [1.29, 1.82) is 0 Å². The van der Waals surface area contributed by atoms with E-state index in [9.17, 15) is 9.59 Å². The minimum Gasteiger partial charge on any atom is -0.455 e. The number of piperazine rings is 1. The summed E-state index contributed by atoms with van der Waals surface area (Å²) in [5, 5.41) is 0. The summed E-state index contributed by atoms with van der Waals surface area (Å²) in [6.07, 6.45) is 2.11. The first-order chi connectivity index (χ1) is 11.7. The smallest absolute Gasteiger partial charge is 0.289 e. The van der Waals surface area contributed by atoms with Crippen LogP contribution in [-0.4, -0.2) is 42.8 Å². The van der Waals surface area contributed by atoms with Crippen LogP contribution in [0.4, 0.5) is 5.69 Å². The highest BCUT2D eigenvalue weighted by Crippen LogP contribution is 2.26. The minimum absolute atomic E-state index is 0.0907. The molecule has 0 radical (unpaired) electrons. The van der Waals surface area contributed by atoms with E-state index < -0.39 is 0 Å². The number of fused-ring (bicyclic) bond motifs is 1. The van der Waals surface area contributed by atoms with Crippen LogP contribution in [0.25, 0.3) is 0 Å². The average Bonchev–Trinajstić information content (AvgIpc) is 3.08. The summed E-state index contributed by atoms with van der Waals surface area (Å²) in [4.78, 5) is 28.7. The third-order valence-electron chi connectivity index (χ3n) is 4.82. The Morgan fingerprint density at radius 1 is 1.00 bits per heavy atom. The van der Waals surface area contributed by atoms with Crippen LogP contribution >= 0.6 is 0 Å². The molecule has 1 aliphatic carbocycles. The number of furan rings is 1. The first kappa shape index (κ1) is 15.0. The molecule has 1 amide bonds. The number of aryl methyl sites for hydroxylation is 1. The van der Waals surface area contributed by atoms with Crippen molar-refractivity contribution < 1.29 is 14.0 Å². The van der Waals surface area contributed by atoms with Crippen LogP contribution in [0.3, 0.4) is 0 Å². The number of ketones is 1. The Labute approximate surface area is 140 Å². The van der Waals surface area contributed by atoms with Gasteiger partial charge in [-0.2, -0.15) is 0 Å². The molecule has 0 saturated carbocycles. The van der Waals surface area contributed by atoms with Gasteiger partial charge >= 0.3 is 0 Å². The monoisotopic (exact) mass is 324 g/mol. The van der Waals surface area contributed by atoms with Crippen molar-refractivity contribution in [2.75, 3.05) is 31.1 Å². The first-order valence-corrected chi connectivity index (χ1v) is 8.47. The molecule has 0 N–H and O–H groups in total. The fraction of sp³-hybridized carbons (Fsp3) is 0.368. The summed E-state index contributed by atoms with van der Waals surface area (Å²) >= 11 is 0. The van der Waals surface area contributed by atoms with Crippen molar-refractivity contribution >= 4 is 17.4 Å². The second-order valence-corrected chi connectivity index (χ2v) is 6.34. The molecule has 1 aromatic carbocycles. The SMILES string of the molecule is O=C1CCCc2oc(C(=O)N3CCN(c4ccccc4)CC3)cc21. The van der Waals surface area contributed by atoms with Crippen LogP contribution in [0.1, 0.15) is 39.5 Å². The largest absolute Gasteiger partial charge is 0.455 e. The maximum atomic E-state index is 12.7. The number of hydrogen-bond acceptors (Lipinski definition) is 4. The molecule has 2 heterocycles. The molecule has 1 aromatic heterocycles. The van der Waals surface area contributed by atoms with Crippen molar-refractivity contribution in [2.24, 2.45) is 0 Å². The number of carbonyl (C=O) groups excluding carboxylic acids is 2. The van der Waals surface area contributed by atoms with Crippen molar-refractivity contribution in [3.8, 4) is 0 Å². The molecule has 2 aliphatic rings. The Bertz CT molecular complexity index is 758. The van der Waals surface area contributed by atoms with E-state index >= 15 is 0 Å². The van der Waals surface area contributed by atoms with E-state index in [0.717, 1.165) is 25.9 Å². The number of nitrogens with zero attached hydrogens (tertiary/aromatic N) is 2. The van der Waals surface area contributed by atoms with Crippen LogP contribution in [0, 0.1) is 0 Å². The predicted molar refractivity (Wildman–Crippen MR) is 90.5 cm³/mol. The third-order valence-corrected chi connectivity index (χ3v) is 4.82. The average molecular weight is 324 g/mol. The second kappa shape index (κ2) is 6.15. The molecule has 24 heavy (non-hydrogen) atoms. The van der Waals surface area contributed by atoms with Crippen LogP contribution in [0.15, 0.2) is 40.8 Å². The number of benzene rings is 1. The summed E-state index contributed by atoms with van der Waals surface area (Å²) in [5.41, 5.74) is 1.79. The Kier molecular flexibility index (Phi) is 3.84. The van der Waals surface area contributed by atoms with E-state index in [-0.39, 0.29) is 11.7 Å². The Morgan fingerprint density at radius 3 is 2.46 bits per heavy atom. The van der Waals surface area contributed by atoms with Gasteiger partial charge in [0, 0.05) is 50.8 Å². The van der Waals surface area contributed by atoms with E-state index in [1.165, 1.54) is 5.69 Å². The van der Waals surface area contributed by atoms with Gasteiger partial charge in [-0.15, -0.1) is 0 Å². The molecule has 0 bridgehead atoms. The zero-order chi connectivity index (χ0) is 16.5. The van der Waals surface area contributed by atoms with E-state index in [1.807, 2.05) is 23.1 Å². The highest BCUT2D eigenvalue weighted by molar-refractivity contribution is 6.01. The number of carbonyl (C=O) groups is 2. The summed E-state index contributed by atoms with van der Waals surface area (Å²) in [6, 6.07) is 11.9. The standard InChI is InChI=1S/C19H20N2O3/c22-16-7-4-8-17-15(16)13-18(24-17)19(23)21-11-9-20(10-12-21)14-5-2-1-3-6-14/h1-3,5-6,13H,4,7-12H2. The van der Waals surface area contributed by atoms with Gasteiger partial charge in [0.25, 0.3) is 5.91 Å². The van der Waals surface area contributed by atoms with Gasteiger partial charge in [0.05, 0.1) is 5.56 Å². The number of anilines is 1. The highest BCUT2D eigenvalue weighted by Gasteiger charge is 2.28. The lowest BCUT2D eigenvalue weighted by atomic mass is 9.97. The van der Waals surface area contributed by atoms with Gasteiger partial charge in [0.2, 0.25) is 0 Å². The number of rotatable bonds is 2. The molecule has 0 unspecified atom stereocenters. The van der Waals surface area contributed by atoms with Crippen LogP contribution in [0.2, 0.25) is 0 Å². The summed E-state index contributed by atoms with van der Waals surface area (Å²) in [5.74, 6) is 0.971. The summed E-state index contributed by atoms with van der Waals surface area (Å²) < 4.78 is 5.68. The second-order valence-electron chi connectivity index (χ2n) is 6.34. The molecule has 5 nitrogen and oxygen atoms in total. The third kappa shape index (κ3) is 2.70. The van der Waals surface area contributed by atoms with Crippen LogP contribution in [0.5, 0.6) is 0 Å². The summed E-state index contributed by atoms with van der Waals surface area (Å²) in [6.45, 7) is 2.92. The number of hydrogen-bond donors (Lipinski definition) is 0. The maximum Gasteiger partial charge on any atom is 0.289 e. The minimum atomic E-state index is -0.107. The van der Waals surface area contributed by atoms with E-state index in [0.29, 0.717) is 36.6 Å². The Balaban J connectivity index is 1.44. The van der Waals surface area contributed by atoms with Crippen molar-refractivity contribution in [1.82, 2.24) is 4.90 Å². The van der Waals surface area contributed by atoms with E-state index in [2.05, 4.69) is 17.0 Å². The molecule has 4 rings (SSSR count). The van der Waals surface area contributed by atoms with Gasteiger partial charge < -0.3 is 14.2 Å². The molecule has 1 fully saturated rings. The van der Waals surface area contributed by atoms with Gasteiger partial charge in [-0.25, -0.2) is 0 Å². The quantitative estimate of drug-likeness (QED) is 0.852. The lowest BCUT2D eigenvalue weighted by molar-refractivity contribution is 0.0712. The number of para-hydroxylation sites is 1. The fourth-order valence-corrected chi connectivity index (χ4v) is 3.46. The fourth-order valence-electron chi connectivity index (χ4n) is 3.46. The number of amides is 1. The van der Waals surface area contributed by atoms with Crippen molar-refractivity contribution in [3.05, 3.63) is 53.5 Å². The van der Waals surface area contributed by atoms with E-state index in [1.54, 1.807) is 6.07 Å². The topological polar surface area (TPSA) is 53.8 Å². The zero-order valence-electron chi connectivity index (χ0n) is 13.5. The van der Waals surface area contributed by atoms with Gasteiger partial charge in [-0.05, 0) is 18.6 Å². The van der Waals surface area contributed by atoms with E-state index in [4.69, 9.17) is 4.42 Å². The van der Waals surface area contributed by atoms with Crippen LogP contribution in [-0.2, 0) is 6.42 Å². The lowest BCUT2D eigenvalue weighted by Gasteiger charge is -2.35. The normalized spacial score (nSPS) is 17.8. The zero-order valence-corrected chi connectivity index (χ0v) is 13.5. The molecular weight excluding hydrogens is 304 g/mol. The van der Waals surface area contributed by atoms with Gasteiger partial charge in [0.1, 0.15) is 5.76 Å². The molecular formula is C19H20N2O3. The highest BCUT2D eigenvalue weighted by atomic mass is 16.4. The molecule has 0 spiro atoms. The van der Waals surface area contributed by atoms with Gasteiger partial charge in [-0.1, -0.05) is 18.2 Å². The molecule has 0 atom stereocenters. The number of Topliss-reactive ketones (excluding diaryl/α,β-unsaturated/α-hetero) is 1. The predicted octanol–water partition coefficient (Wildman–Crippen LogP) is 2.76. The maximum absolute atomic E-state index is 12.7. The lowest BCUT2D eigenvalue weighted by Crippen LogP contribution is -2.48. The van der Waals surface area contributed by atoms with Crippen molar-refractivity contribution in [3.63, 3.8) is 0 Å². The van der Waals surface area contributed by atoms with Gasteiger partial charge in [0.15, 0.2) is 11.5 Å². The molecule has 124 valence electrons. The van der Waals surface area contributed by atoms with Crippen LogP contribution < -0.4 is 4.90 Å². The Morgan fingerprint density at radius 2 is 1.75 bits per heavy atom. The van der Waals surface area contributed by atoms with Crippen molar-refractivity contribution in [2.45, 2.75) is 19.3 Å². The molecule has 5 heteroatoms. The molecule has 1 aliphatic heterocycles. The summed E-state index contributed by atoms with van der Waals surface area (Å²) in [7, 11) is 0.